The monoisotopic (exact) mass is 514 g/mol. The van der Waals surface area contributed by atoms with Gasteiger partial charge < -0.3 is 9.64 Å². The van der Waals surface area contributed by atoms with E-state index < -0.39 is 0 Å². The van der Waals surface area contributed by atoms with Crippen LogP contribution in [-0.4, -0.2) is 55.6 Å². The van der Waals surface area contributed by atoms with Gasteiger partial charge in [-0.25, -0.2) is 9.37 Å². The lowest BCUT2D eigenvalue weighted by atomic mass is 9.97. The van der Waals surface area contributed by atoms with Crippen LogP contribution in [0.5, 0.6) is 5.75 Å². The van der Waals surface area contributed by atoms with Crippen LogP contribution in [0.1, 0.15) is 6.04 Å². The number of rotatable bonds is 6. The second-order valence-corrected chi connectivity index (χ2v) is 9.82. The fraction of sp³-hybridized carbons (Fsp3) is 0.185. The minimum Gasteiger partial charge on any atom is -0.496 e. The van der Waals surface area contributed by atoms with Crippen molar-refractivity contribution in [3.8, 4) is 39.4 Å². The number of ether oxygens (including phenoxy) is 1. The Morgan fingerprint density at radius 1 is 1.16 bits per heavy atom. The Morgan fingerprint density at radius 3 is 2.68 bits per heavy atom. The van der Waals surface area contributed by atoms with Crippen LogP contribution in [0.15, 0.2) is 67.1 Å². The van der Waals surface area contributed by atoms with E-state index in [9.17, 15) is 9.18 Å². The Kier molecular flexibility index (Phi) is 5.60. The number of hydrogen-bond donors (Lipinski definition) is 0. The number of hydrogen-bond acceptors (Lipinski definition) is 6. The Morgan fingerprint density at radius 2 is 1.95 bits per heavy atom. The van der Waals surface area contributed by atoms with Crippen molar-refractivity contribution in [2.45, 2.75) is 6.04 Å². The fourth-order valence-electron chi connectivity index (χ4n) is 4.71. The molecule has 186 valence electrons. The van der Waals surface area contributed by atoms with E-state index in [4.69, 9.17) is 9.72 Å². The van der Waals surface area contributed by atoms with Crippen molar-refractivity contribution in [3.63, 3.8) is 0 Å². The number of aromatic nitrogens is 5. The zero-order chi connectivity index (χ0) is 25.7. The largest absolute Gasteiger partial charge is 0.496 e. The van der Waals surface area contributed by atoms with E-state index in [1.807, 2.05) is 35.6 Å². The van der Waals surface area contributed by atoms with Crippen molar-refractivity contribution >= 4 is 27.3 Å². The lowest BCUT2D eigenvalue weighted by Gasteiger charge is -2.38. The van der Waals surface area contributed by atoms with Gasteiger partial charge in [0, 0.05) is 70.9 Å². The lowest BCUT2D eigenvalue weighted by Crippen LogP contribution is -2.50. The van der Waals surface area contributed by atoms with E-state index >= 15 is 0 Å². The molecule has 1 amide bonds. The molecular formula is C27H23FN6O2S. The highest BCUT2D eigenvalue weighted by atomic mass is 32.1. The Hall–Kier alpha value is -4.31. The van der Waals surface area contributed by atoms with Crippen LogP contribution in [0, 0.1) is 5.82 Å². The molecule has 10 heteroatoms. The highest BCUT2D eigenvalue weighted by Crippen LogP contribution is 2.46. The van der Waals surface area contributed by atoms with E-state index in [0.717, 1.165) is 38.0 Å². The molecule has 8 nitrogen and oxygen atoms in total. The van der Waals surface area contributed by atoms with E-state index in [1.165, 1.54) is 25.3 Å². The van der Waals surface area contributed by atoms with Gasteiger partial charge in [-0.3, -0.25) is 14.2 Å². The number of likely N-dealkylation sites (tertiary alicyclic amines) is 1. The molecule has 0 radical (unpaired) electrons. The minimum atomic E-state index is -0.374. The minimum absolute atomic E-state index is 0.0738. The van der Waals surface area contributed by atoms with Gasteiger partial charge in [-0.05, 0) is 29.7 Å². The summed E-state index contributed by atoms with van der Waals surface area (Å²) in [6.07, 6.45) is 8.79. The van der Waals surface area contributed by atoms with Gasteiger partial charge in [0.15, 0.2) is 0 Å². The third kappa shape index (κ3) is 3.89. The molecule has 0 saturated carbocycles. The van der Waals surface area contributed by atoms with Gasteiger partial charge >= 0.3 is 0 Å². The molecule has 1 aromatic carbocycles. The zero-order valence-corrected chi connectivity index (χ0v) is 21.1. The molecule has 5 aromatic rings. The van der Waals surface area contributed by atoms with Crippen molar-refractivity contribution in [2.24, 2.45) is 7.05 Å². The summed E-state index contributed by atoms with van der Waals surface area (Å²) in [6.45, 7) is 4.70. The molecular weight excluding hydrogens is 491 g/mol. The maximum absolute atomic E-state index is 14.1. The van der Waals surface area contributed by atoms with Gasteiger partial charge in [0.2, 0.25) is 5.91 Å². The van der Waals surface area contributed by atoms with Gasteiger partial charge in [-0.1, -0.05) is 6.58 Å². The number of benzene rings is 1. The van der Waals surface area contributed by atoms with E-state index in [-0.39, 0.29) is 17.8 Å². The van der Waals surface area contributed by atoms with Crippen LogP contribution >= 0.6 is 11.3 Å². The number of pyridine rings is 1. The Labute approximate surface area is 216 Å². The highest BCUT2D eigenvalue weighted by Gasteiger charge is 2.32. The molecule has 0 unspecified atom stereocenters. The predicted molar refractivity (Wildman–Crippen MR) is 141 cm³/mol. The van der Waals surface area contributed by atoms with E-state index in [2.05, 4.69) is 16.8 Å². The van der Waals surface area contributed by atoms with Gasteiger partial charge in [-0.15, -0.1) is 11.3 Å². The fourth-order valence-corrected chi connectivity index (χ4v) is 5.67. The smallest absolute Gasteiger partial charge is 0.246 e. The van der Waals surface area contributed by atoms with Crippen molar-refractivity contribution in [2.75, 3.05) is 20.2 Å². The standard InChI is InChI=1S/C27H23FN6O2S/c1-4-23(35)33-14-19(15-33)34-13-17(11-30-34)26-24(20-6-5-18(28)9-22(20)36-3)27-21(7-8-37-27)25(31-26)16-10-29-32(2)12-16/h4-13,19H,1,14-15H2,2-3H3. The molecule has 0 atom stereocenters. The average Bonchev–Trinajstić information content (AvgIpc) is 3.63. The molecule has 37 heavy (non-hydrogen) atoms. The molecule has 0 N–H and O–H groups in total. The van der Waals surface area contributed by atoms with E-state index in [1.54, 1.807) is 39.4 Å². The van der Waals surface area contributed by atoms with Crippen LogP contribution in [0.25, 0.3) is 43.7 Å². The number of halogens is 1. The van der Waals surface area contributed by atoms with E-state index in [0.29, 0.717) is 24.5 Å². The average molecular weight is 515 g/mol. The van der Waals surface area contributed by atoms with Crippen LogP contribution in [0.4, 0.5) is 4.39 Å². The van der Waals surface area contributed by atoms with Crippen molar-refractivity contribution < 1.29 is 13.9 Å². The number of amides is 1. The number of methoxy groups -OCH3 is 1. The van der Waals surface area contributed by atoms with Gasteiger partial charge in [0.1, 0.15) is 11.6 Å². The molecule has 1 aliphatic heterocycles. The topological polar surface area (TPSA) is 78.1 Å². The first kappa shape index (κ1) is 23.1. The molecule has 1 saturated heterocycles. The molecule has 1 aliphatic rings. The summed E-state index contributed by atoms with van der Waals surface area (Å²) in [4.78, 5) is 18.8. The summed E-state index contributed by atoms with van der Waals surface area (Å²) < 4.78 is 24.3. The maximum atomic E-state index is 14.1. The SMILES string of the molecule is C=CC(=O)N1CC(n2cc(-c3nc(-c4cnn(C)c4)c4ccsc4c3-c3ccc(F)cc3OC)cn2)C1. The Balaban J connectivity index is 1.54. The third-order valence-corrected chi connectivity index (χ3v) is 7.55. The van der Waals surface area contributed by atoms with Gasteiger partial charge in [0.05, 0.1) is 36.9 Å². The highest BCUT2D eigenvalue weighted by molar-refractivity contribution is 7.18. The summed E-state index contributed by atoms with van der Waals surface area (Å²) in [6, 6.07) is 6.66. The summed E-state index contributed by atoms with van der Waals surface area (Å²) in [5, 5.41) is 12.0. The molecule has 0 bridgehead atoms. The number of carbonyl (C=O) groups excluding carboxylic acids is 1. The van der Waals surface area contributed by atoms with Crippen LogP contribution < -0.4 is 4.74 Å². The normalized spacial score (nSPS) is 13.6. The van der Waals surface area contributed by atoms with Crippen molar-refractivity contribution in [3.05, 3.63) is 72.9 Å². The van der Waals surface area contributed by atoms with Crippen LogP contribution in [-0.2, 0) is 11.8 Å². The van der Waals surface area contributed by atoms with Gasteiger partial charge in [-0.2, -0.15) is 10.2 Å². The van der Waals surface area contributed by atoms with Crippen LogP contribution in [0.3, 0.4) is 0 Å². The van der Waals surface area contributed by atoms with Crippen molar-refractivity contribution in [1.82, 2.24) is 29.4 Å². The number of carbonyl (C=O) groups is 1. The maximum Gasteiger partial charge on any atom is 0.246 e. The summed E-state index contributed by atoms with van der Waals surface area (Å²) in [5.74, 6) is -0.0296. The molecule has 1 fully saturated rings. The predicted octanol–water partition coefficient (Wildman–Crippen LogP) is 4.94. The zero-order valence-electron chi connectivity index (χ0n) is 20.3. The summed E-state index contributed by atoms with van der Waals surface area (Å²) >= 11 is 1.59. The van der Waals surface area contributed by atoms with Crippen molar-refractivity contribution in [1.29, 1.82) is 0 Å². The number of nitrogens with zero attached hydrogens (tertiary/aromatic N) is 6. The second kappa shape index (κ2) is 8.97. The molecule has 0 aliphatic carbocycles. The third-order valence-electron chi connectivity index (χ3n) is 6.62. The van der Waals surface area contributed by atoms with Crippen LogP contribution in [0.2, 0.25) is 0 Å². The molecule has 0 spiro atoms. The molecule has 4 aromatic heterocycles. The second-order valence-electron chi connectivity index (χ2n) is 8.90. The van der Waals surface area contributed by atoms with Gasteiger partial charge in [0.25, 0.3) is 0 Å². The summed E-state index contributed by atoms with van der Waals surface area (Å²) in [5.41, 5.74) is 4.83. The number of fused-ring (bicyclic) bond motifs is 1. The first-order chi connectivity index (χ1) is 18.0. The number of thiophene rings is 1. The first-order valence-corrected chi connectivity index (χ1v) is 12.5. The Bertz CT molecular complexity index is 1660. The molecule has 6 rings (SSSR count). The first-order valence-electron chi connectivity index (χ1n) is 11.7. The molecule has 5 heterocycles. The lowest BCUT2D eigenvalue weighted by molar-refractivity contribution is -0.131. The number of aryl methyl sites for hydroxylation is 1. The quantitative estimate of drug-likeness (QED) is 0.300. The summed E-state index contributed by atoms with van der Waals surface area (Å²) in [7, 11) is 3.40.